The van der Waals surface area contributed by atoms with Gasteiger partial charge in [0.25, 0.3) is 11.6 Å². The second-order valence-corrected chi connectivity index (χ2v) is 5.36. The van der Waals surface area contributed by atoms with Gasteiger partial charge in [0, 0.05) is 31.8 Å². The highest BCUT2D eigenvalue weighted by atomic mass is 16.6. The van der Waals surface area contributed by atoms with Gasteiger partial charge >= 0.3 is 0 Å². The first kappa shape index (κ1) is 15.2. The maximum atomic E-state index is 12.0. The molecular weight excluding hydrogens is 272 g/mol. The third-order valence-electron chi connectivity index (χ3n) is 3.55. The summed E-state index contributed by atoms with van der Waals surface area (Å²) >= 11 is 0. The third kappa shape index (κ3) is 3.69. The number of carbonyl (C=O) groups is 1. The van der Waals surface area contributed by atoms with Crippen LogP contribution in [0.4, 0.5) is 11.4 Å². The van der Waals surface area contributed by atoms with E-state index in [1.807, 2.05) is 0 Å². The van der Waals surface area contributed by atoms with Crippen LogP contribution >= 0.6 is 0 Å². The summed E-state index contributed by atoms with van der Waals surface area (Å²) in [7, 11) is 3.31. The Morgan fingerprint density at radius 3 is 2.62 bits per heavy atom. The van der Waals surface area contributed by atoms with Gasteiger partial charge < -0.3 is 15.5 Å². The molecule has 0 bridgehead atoms. The average Bonchev–Trinajstić information content (AvgIpc) is 2.47. The number of amides is 1. The van der Waals surface area contributed by atoms with Gasteiger partial charge in [0.2, 0.25) is 0 Å². The highest BCUT2D eigenvalue weighted by molar-refractivity contribution is 5.95. The van der Waals surface area contributed by atoms with Crippen LogP contribution < -0.4 is 10.6 Å². The van der Waals surface area contributed by atoms with Crippen molar-refractivity contribution in [2.24, 2.45) is 0 Å². The van der Waals surface area contributed by atoms with E-state index in [4.69, 9.17) is 0 Å². The first-order valence-electron chi connectivity index (χ1n) is 6.96. The smallest absolute Gasteiger partial charge is 0.292 e. The number of piperidine rings is 1. The minimum Gasteiger partial charge on any atom is -0.377 e. The van der Waals surface area contributed by atoms with E-state index in [0.717, 1.165) is 25.9 Å². The van der Waals surface area contributed by atoms with Crippen LogP contribution in [-0.4, -0.2) is 49.0 Å². The molecule has 1 aliphatic rings. The number of carbonyl (C=O) groups excluding carboxylic acids is 1. The third-order valence-corrected chi connectivity index (χ3v) is 3.55. The van der Waals surface area contributed by atoms with Gasteiger partial charge in [-0.25, -0.2) is 0 Å². The van der Waals surface area contributed by atoms with Crippen LogP contribution in [-0.2, 0) is 0 Å². The first-order valence-corrected chi connectivity index (χ1v) is 6.96. The zero-order valence-electron chi connectivity index (χ0n) is 12.3. The molecule has 2 rings (SSSR count). The van der Waals surface area contributed by atoms with E-state index in [1.54, 1.807) is 20.2 Å². The SMILES string of the molecule is CN(C)C(=O)c1ccc([N+](=O)[O-])c(NC2CCNCC2)c1. The lowest BCUT2D eigenvalue weighted by molar-refractivity contribution is -0.384. The van der Waals surface area contributed by atoms with Crippen LogP contribution in [0.15, 0.2) is 18.2 Å². The predicted molar refractivity (Wildman–Crippen MR) is 80.6 cm³/mol. The monoisotopic (exact) mass is 292 g/mol. The van der Waals surface area contributed by atoms with Crippen molar-refractivity contribution >= 4 is 17.3 Å². The highest BCUT2D eigenvalue weighted by Crippen LogP contribution is 2.27. The average molecular weight is 292 g/mol. The van der Waals surface area contributed by atoms with E-state index >= 15 is 0 Å². The number of nitro groups is 1. The van der Waals surface area contributed by atoms with E-state index in [1.165, 1.54) is 17.0 Å². The van der Waals surface area contributed by atoms with Crippen molar-refractivity contribution in [1.82, 2.24) is 10.2 Å². The molecule has 1 aliphatic heterocycles. The van der Waals surface area contributed by atoms with E-state index < -0.39 is 4.92 Å². The van der Waals surface area contributed by atoms with E-state index in [2.05, 4.69) is 10.6 Å². The fourth-order valence-corrected chi connectivity index (χ4v) is 2.39. The van der Waals surface area contributed by atoms with Crippen molar-refractivity contribution in [2.75, 3.05) is 32.5 Å². The number of nitrogens with one attached hydrogen (secondary N) is 2. The summed E-state index contributed by atoms with van der Waals surface area (Å²) in [4.78, 5) is 24.2. The van der Waals surface area contributed by atoms with Gasteiger partial charge in [-0.1, -0.05) is 0 Å². The number of hydrogen-bond acceptors (Lipinski definition) is 5. The number of hydrogen-bond donors (Lipinski definition) is 2. The molecular formula is C14H20N4O3. The Labute approximate surface area is 123 Å². The minimum atomic E-state index is -0.423. The fourth-order valence-electron chi connectivity index (χ4n) is 2.39. The Kier molecular flexibility index (Phi) is 4.74. The molecule has 1 aromatic rings. The lowest BCUT2D eigenvalue weighted by atomic mass is 10.1. The van der Waals surface area contributed by atoms with Crippen LogP contribution in [0.25, 0.3) is 0 Å². The quantitative estimate of drug-likeness (QED) is 0.648. The number of nitro benzene ring substituents is 1. The van der Waals surface area contributed by atoms with Crippen LogP contribution in [0.2, 0.25) is 0 Å². The van der Waals surface area contributed by atoms with E-state index in [0.29, 0.717) is 11.3 Å². The summed E-state index contributed by atoms with van der Waals surface area (Å²) in [5, 5.41) is 17.6. The van der Waals surface area contributed by atoms with Crippen molar-refractivity contribution < 1.29 is 9.72 Å². The van der Waals surface area contributed by atoms with Crippen molar-refractivity contribution in [3.05, 3.63) is 33.9 Å². The van der Waals surface area contributed by atoms with Crippen molar-refractivity contribution in [3.8, 4) is 0 Å². The van der Waals surface area contributed by atoms with Gasteiger partial charge in [0.15, 0.2) is 0 Å². The van der Waals surface area contributed by atoms with Crippen molar-refractivity contribution in [2.45, 2.75) is 18.9 Å². The molecule has 1 aromatic carbocycles. The summed E-state index contributed by atoms with van der Waals surface area (Å²) in [6.45, 7) is 1.78. The largest absolute Gasteiger partial charge is 0.377 e. The molecule has 0 radical (unpaired) electrons. The standard InChI is InChI=1S/C14H20N4O3/c1-17(2)14(19)10-3-4-13(18(20)21)12(9-10)16-11-5-7-15-8-6-11/h3-4,9,11,15-16H,5-8H2,1-2H3. The molecule has 0 unspecified atom stereocenters. The van der Waals surface area contributed by atoms with E-state index in [9.17, 15) is 14.9 Å². The maximum absolute atomic E-state index is 12.0. The second-order valence-electron chi connectivity index (χ2n) is 5.36. The van der Waals surface area contributed by atoms with Gasteiger partial charge in [-0.05, 0) is 38.1 Å². The normalized spacial score (nSPS) is 15.5. The van der Waals surface area contributed by atoms with Crippen molar-refractivity contribution in [1.29, 1.82) is 0 Å². The topological polar surface area (TPSA) is 87.5 Å². The molecule has 7 nitrogen and oxygen atoms in total. The Bertz CT molecular complexity index is 539. The van der Waals surface area contributed by atoms with Gasteiger partial charge in [-0.2, -0.15) is 0 Å². The second kappa shape index (κ2) is 6.53. The molecule has 21 heavy (non-hydrogen) atoms. The Morgan fingerprint density at radius 2 is 2.05 bits per heavy atom. The first-order chi connectivity index (χ1) is 9.99. The molecule has 0 saturated carbocycles. The fraction of sp³-hybridized carbons (Fsp3) is 0.500. The van der Waals surface area contributed by atoms with Crippen LogP contribution in [0.3, 0.4) is 0 Å². The maximum Gasteiger partial charge on any atom is 0.292 e. The van der Waals surface area contributed by atoms with Crippen molar-refractivity contribution in [3.63, 3.8) is 0 Å². The summed E-state index contributed by atoms with van der Waals surface area (Å²) in [6.07, 6.45) is 1.81. The van der Waals surface area contributed by atoms with Crippen LogP contribution in [0.1, 0.15) is 23.2 Å². The summed E-state index contributed by atoms with van der Waals surface area (Å²) in [5.41, 5.74) is 0.866. The van der Waals surface area contributed by atoms with Gasteiger partial charge in [0.05, 0.1) is 4.92 Å². The van der Waals surface area contributed by atoms with Gasteiger partial charge in [0.1, 0.15) is 5.69 Å². The number of rotatable bonds is 4. The molecule has 7 heteroatoms. The molecule has 114 valence electrons. The molecule has 0 aromatic heterocycles. The number of anilines is 1. The Morgan fingerprint density at radius 1 is 1.38 bits per heavy atom. The Hall–Kier alpha value is -2.15. The molecule has 1 saturated heterocycles. The van der Waals surface area contributed by atoms with Gasteiger partial charge in [-0.15, -0.1) is 0 Å². The lowest BCUT2D eigenvalue weighted by Crippen LogP contribution is -2.35. The molecule has 0 aliphatic carbocycles. The van der Waals surface area contributed by atoms with Crippen LogP contribution in [0.5, 0.6) is 0 Å². The van der Waals surface area contributed by atoms with Gasteiger partial charge in [-0.3, -0.25) is 14.9 Å². The molecule has 2 N–H and O–H groups in total. The predicted octanol–water partition coefficient (Wildman–Crippen LogP) is 1.46. The number of nitrogens with zero attached hydrogens (tertiary/aromatic N) is 2. The highest BCUT2D eigenvalue weighted by Gasteiger charge is 2.21. The minimum absolute atomic E-state index is 0.00355. The molecule has 0 spiro atoms. The van der Waals surface area contributed by atoms with E-state index in [-0.39, 0.29) is 17.6 Å². The zero-order valence-corrected chi connectivity index (χ0v) is 12.3. The molecule has 1 heterocycles. The summed E-state index contributed by atoms with van der Waals surface area (Å²) < 4.78 is 0. The molecule has 1 amide bonds. The molecule has 1 fully saturated rings. The lowest BCUT2D eigenvalue weighted by Gasteiger charge is -2.24. The molecule has 0 atom stereocenters. The summed E-state index contributed by atoms with van der Waals surface area (Å²) in [5.74, 6) is -0.168. The summed E-state index contributed by atoms with van der Waals surface area (Å²) in [6, 6.07) is 4.64. The zero-order chi connectivity index (χ0) is 15.4. The number of benzene rings is 1. The van der Waals surface area contributed by atoms with Crippen LogP contribution in [0, 0.1) is 10.1 Å². The Balaban J connectivity index is 2.28.